The van der Waals surface area contributed by atoms with Gasteiger partial charge >= 0.3 is 5.97 Å². The third-order valence-electron chi connectivity index (χ3n) is 4.25. The molecular formula is C17H24O2. The molecule has 0 spiro atoms. The number of hydrogen-bond donors (Lipinski definition) is 1. The topological polar surface area (TPSA) is 37.3 Å². The first kappa shape index (κ1) is 14.1. The zero-order valence-corrected chi connectivity index (χ0v) is 12.0. The fourth-order valence-electron chi connectivity index (χ4n) is 3.17. The van der Waals surface area contributed by atoms with Gasteiger partial charge in [0.2, 0.25) is 0 Å². The molecule has 2 nitrogen and oxygen atoms in total. The van der Waals surface area contributed by atoms with Gasteiger partial charge in [0.25, 0.3) is 0 Å². The predicted octanol–water partition coefficient (Wildman–Crippen LogP) is 4.95. The van der Waals surface area contributed by atoms with E-state index in [9.17, 15) is 4.79 Å². The van der Waals surface area contributed by atoms with Gasteiger partial charge in [-0.15, -0.1) is 0 Å². The van der Waals surface area contributed by atoms with Crippen molar-refractivity contribution in [3.63, 3.8) is 0 Å². The number of aromatic carboxylic acids is 1. The maximum atomic E-state index is 11.1. The van der Waals surface area contributed by atoms with Gasteiger partial charge in [-0.2, -0.15) is 0 Å². The van der Waals surface area contributed by atoms with Gasteiger partial charge < -0.3 is 5.11 Å². The van der Waals surface area contributed by atoms with Crippen molar-refractivity contribution in [3.05, 3.63) is 34.9 Å². The summed E-state index contributed by atoms with van der Waals surface area (Å²) in [5.41, 5.74) is 3.04. The van der Waals surface area contributed by atoms with Crippen molar-refractivity contribution in [1.29, 1.82) is 0 Å². The molecule has 0 radical (unpaired) electrons. The number of carboxylic acids is 1. The van der Waals surface area contributed by atoms with E-state index in [2.05, 4.69) is 19.9 Å². The zero-order chi connectivity index (χ0) is 13.8. The molecule has 0 aliphatic heterocycles. The highest BCUT2D eigenvalue weighted by molar-refractivity contribution is 5.88. The molecule has 0 atom stereocenters. The monoisotopic (exact) mass is 260 g/mol. The van der Waals surface area contributed by atoms with Crippen LogP contribution in [-0.4, -0.2) is 11.1 Å². The molecule has 1 aromatic carbocycles. The summed E-state index contributed by atoms with van der Waals surface area (Å²) in [5, 5.41) is 9.14. The van der Waals surface area contributed by atoms with E-state index in [1.165, 1.54) is 49.7 Å². The lowest BCUT2D eigenvalue weighted by molar-refractivity contribution is 0.0696. The third kappa shape index (κ3) is 3.37. The van der Waals surface area contributed by atoms with Gasteiger partial charge in [-0.3, -0.25) is 0 Å². The van der Waals surface area contributed by atoms with Gasteiger partial charge in [-0.25, -0.2) is 4.79 Å². The molecule has 1 N–H and O–H groups in total. The van der Waals surface area contributed by atoms with Crippen LogP contribution in [0.15, 0.2) is 18.2 Å². The van der Waals surface area contributed by atoms with Crippen LogP contribution in [0, 0.1) is 0 Å². The first-order valence-corrected chi connectivity index (χ1v) is 7.46. The van der Waals surface area contributed by atoms with Gasteiger partial charge in [0, 0.05) is 0 Å². The summed E-state index contributed by atoms with van der Waals surface area (Å²) in [5.74, 6) is 0.189. The van der Waals surface area contributed by atoms with Gasteiger partial charge in [0.1, 0.15) is 0 Å². The van der Waals surface area contributed by atoms with Crippen LogP contribution >= 0.6 is 0 Å². The molecule has 0 aromatic heterocycles. The van der Waals surface area contributed by atoms with Gasteiger partial charge in [-0.05, 0) is 47.9 Å². The van der Waals surface area contributed by atoms with E-state index < -0.39 is 5.97 Å². The lowest BCUT2D eigenvalue weighted by Crippen LogP contribution is -2.06. The molecule has 2 rings (SSSR count). The Morgan fingerprint density at radius 2 is 1.79 bits per heavy atom. The van der Waals surface area contributed by atoms with Crippen LogP contribution in [0.25, 0.3) is 0 Å². The molecule has 1 fully saturated rings. The molecule has 1 aliphatic carbocycles. The first-order chi connectivity index (χ1) is 9.09. The van der Waals surface area contributed by atoms with Crippen molar-refractivity contribution in [2.24, 2.45) is 0 Å². The summed E-state index contributed by atoms with van der Waals surface area (Å²) >= 11 is 0. The summed E-state index contributed by atoms with van der Waals surface area (Å²) in [6.45, 7) is 4.31. The highest BCUT2D eigenvalue weighted by Crippen LogP contribution is 2.36. The van der Waals surface area contributed by atoms with E-state index in [0.29, 0.717) is 17.4 Å². The Bertz CT molecular complexity index is 441. The maximum absolute atomic E-state index is 11.1. The normalized spacial score (nSPS) is 17.4. The Kier molecular flexibility index (Phi) is 4.62. The Morgan fingerprint density at radius 1 is 1.16 bits per heavy atom. The largest absolute Gasteiger partial charge is 0.478 e. The minimum absolute atomic E-state index is 0.387. The van der Waals surface area contributed by atoms with Crippen molar-refractivity contribution in [2.75, 3.05) is 0 Å². The first-order valence-electron chi connectivity index (χ1n) is 7.46. The summed E-state index contributed by atoms with van der Waals surface area (Å²) in [6.07, 6.45) is 7.82. The Morgan fingerprint density at radius 3 is 2.32 bits per heavy atom. The summed E-state index contributed by atoms with van der Waals surface area (Å²) in [7, 11) is 0. The SMILES string of the molecule is CC(C)c1cc(C(=O)O)ccc1C1CCCCCC1. The van der Waals surface area contributed by atoms with Gasteiger partial charge in [-0.1, -0.05) is 45.6 Å². The summed E-state index contributed by atoms with van der Waals surface area (Å²) in [4.78, 5) is 11.1. The number of carboxylic acid groups (broad SMARTS) is 1. The zero-order valence-electron chi connectivity index (χ0n) is 12.0. The van der Waals surface area contributed by atoms with Crippen molar-refractivity contribution in [1.82, 2.24) is 0 Å². The second kappa shape index (κ2) is 6.23. The fraction of sp³-hybridized carbons (Fsp3) is 0.588. The minimum Gasteiger partial charge on any atom is -0.478 e. The van der Waals surface area contributed by atoms with E-state index in [1.807, 2.05) is 6.07 Å². The Balaban J connectivity index is 2.35. The molecule has 0 amide bonds. The molecule has 0 bridgehead atoms. The van der Waals surface area contributed by atoms with E-state index in [-0.39, 0.29) is 0 Å². The summed E-state index contributed by atoms with van der Waals surface area (Å²) in [6, 6.07) is 5.72. The average molecular weight is 260 g/mol. The molecule has 1 saturated carbocycles. The van der Waals surface area contributed by atoms with E-state index in [0.717, 1.165) is 0 Å². The van der Waals surface area contributed by atoms with Crippen molar-refractivity contribution in [2.45, 2.75) is 64.2 Å². The maximum Gasteiger partial charge on any atom is 0.335 e. The van der Waals surface area contributed by atoms with Crippen LogP contribution in [0.1, 0.15) is 85.7 Å². The minimum atomic E-state index is -0.825. The van der Waals surface area contributed by atoms with Crippen molar-refractivity contribution in [3.8, 4) is 0 Å². The van der Waals surface area contributed by atoms with E-state index in [4.69, 9.17) is 5.11 Å². The smallest absolute Gasteiger partial charge is 0.335 e. The molecule has 2 heteroatoms. The second-order valence-electron chi connectivity index (χ2n) is 5.99. The molecule has 0 saturated heterocycles. The highest BCUT2D eigenvalue weighted by atomic mass is 16.4. The molecule has 1 aromatic rings. The Hall–Kier alpha value is -1.31. The van der Waals surface area contributed by atoms with Gasteiger partial charge in [0.15, 0.2) is 0 Å². The molecule has 19 heavy (non-hydrogen) atoms. The molecular weight excluding hydrogens is 236 g/mol. The average Bonchev–Trinajstić information content (AvgIpc) is 2.66. The molecule has 0 unspecified atom stereocenters. The van der Waals surface area contributed by atoms with Crippen molar-refractivity contribution < 1.29 is 9.90 Å². The number of benzene rings is 1. The van der Waals surface area contributed by atoms with Crippen LogP contribution in [0.2, 0.25) is 0 Å². The standard InChI is InChI=1S/C17H24O2/c1-12(2)16-11-14(17(18)19)9-10-15(16)13-7-5-3-4-6-8-13/h9-13H,3-8H2,1-2H3,(H,18,19). The molecule has 1 aliphatic rings. The van der Waals surface area contributed by atoms with Crippen LogP contribution in [-0.2, 0) is 0 Å². The quantitative estimate of drug-likeness (QED) is 0.781. The van der Waals surface area contributed by atoms with Crippen molar-refractivity contribution >= 4 is 5.97 Å². The molecule has 0 heterocycles. The van der Waals surface area contributed by atoms with Crippen LogP contribution in [0.5, 0.6) is 0 Å². The summed E-state index contributed by atoms with van der Waals surface area (Å²) < 4.78 is 0. The number of hydrogen-bond acceptors (Lipinski definition) is 1. The van der Waals surface area contributed by atoms with Crippen LogP contribution < -0.4 is 0 Å². The van der Waals surface area contributed by atoms with E-state index >= 15 is 0 Å². The third-order valence-corrected chi connectivity index (χ3v) is 4.25. The number of rotatable bonds is 3. The lowest BCUT2D eigenvalue weighted by atomic mass is 9.84. The Labute approximate surface area is 115 Å². The number of carbonyl (C=O) groups is 1. The predicted molar refractivity (Wildman–Crippen MR) is 77.9 cm³/mol. The van der Waals surface area contributed by atoms with Gasteiger partial charge in [0.05, 0.1) is 5.56 Å². The second-order valence-corrected chi connectivity index (χ2v) is 5.99. The van der Waals surface area contributed by atoms with Crippen LogP contribution in [0.3, 0.4) is 0 Å². The lowest BCUT2D eigenvalue weighted by Gasteiger charge is -2.21. The molecule has 104 valence electrons. The van der Waals surface area contributed by atoms with Crippen LogP contribution in [0.4, 0.5) is 0 Å². The van der Waals surface area contributed by atoms with E-state index in [1.54, 1.807) is 6.07 Å². The fourth-order valence-corrected chi connectivity index (χ4v) is 3.17. The highest BCUT2D eigenvalue weighted by Gasteiger charge is 2.20.